The van der Waals surface area contributed by atoms with E-state index in [1.807, 2.05) is 72.5 Å². The molecule has 4 rings (SSSR count). The number of nitrogens with zero attached hydrogens (tertiary/aromatic N) is 1. The van der Waals surface area contributed by atoms with Gasteiger partial charge in [0.05, 0.1) is 0 Å². The maximum absolute atomic E-state index is 12.9. The van der Waals surface area contributed by atoms with Crippen LogP contribution in [0.25, 0.3) is 11.1 Å². The number of anilines is 1. The Morgan fingerprint density at radius 2 is 1.45 bits per heavy atom. The number of likely N-dealkylation sites (tertiary alicyclic amines) is 1. The van der Waals surface area contributed by atoms with Gasteiger partial charge in [-0.25, -0.2) is 0 Å². The van der Waals surface area contributed by atoms with Crippen LogP contribution in [-0.4, -0.2) is 29.8 Å². The van der Waals surface area contributed by atoms with E-state index in [4.69, 9.17) is 0 Å². The number of carbonyl (C=O) groups excluding carboxylic acids is 2. The molecule has 2 amide bonds. The molecular weight excluding hydrogens is 384 g/mol. The van der Waals surface area contributed by atoms with Crippen LogP contribution in [0.5, 0.6) is 0 Å². The second-order valence-electron chi connectivity index (χ2n) is 8.30. The Balaban J connectivity index is 1.33. The van der Waals surface area contributed by atoms with Crippen LogP contribution >= 0.6 is 0 Å². The van der Waals surface area contributed by atoms with Crippen molar-refractivity contribution in [1.29, 1.82) is 0 Å². The lowest BCUT2D eigenvalue weighted by Crippen LogP contribution is -2.41. The second-order valence-corrected chi connectivity index (χ2v) is 8.30. The summed E-state index contributed by atoms with van der Waals surface area (Å²) < 4.78 is 0. The highest BCUT2D eigenvalue weighted by atomic mass is 16.2. The molecule has 1 fully saturated rings. The first-order valence-electron chi connectivity index (χ1n) is 10.8. The first-order valence-corrected chi connectivity index (χ1v) is 10.8. The van der Waals surface area contributed by atoms with Gasteiger partial charge in [0.15, 0.2) is 0 Å². The zero-order chi connectivity index (χ0) is 21.8. The first-order chi connectivity index (χ1) is 15.0. The number of hydrogen-bond acceptors (Lipinski definition) is 2. The van der Waals surface area contributed by atoms with Crippen molar-refractivity contribution in [2.45, 2.75) is 26.7 Å². The summed E-state index contributed by atoms with van der Waals surface area (Å²) in [6.07, 6.45) is 1.37. The van der Waals surface area contributed by atoms with Crippen molar-refractivity contribution in [3.05, 3.63) is 89.5 Å². The largest absolute Gasteiger partial charge is 0.339 e. The molecule has 4 nitrogen and oxygen atoms in total. The number of amides is 2. The van der Waals surface area contributed by atoms with Crippen LogP contribution in [0.2, 0.25) is 0 Å². The van der Waals surface area contributed by atoms with Gasteiger partial charge < -0.3 is 10.2 Å². The quantitative estimate of drug-likeness (QED) is 0.618. The topological polar surface area (TPSA) is 49.4 Å². The Hall–Kier alpha value is -3.40. The van der Waals surface area contributed by atoms with E-state index in [1.165, 1.54) is 5.56 Å². The average Bonchev–Trinajstić information content (AvgIpc) is 2.82. The van der Waals surface area contributed by atoms with Crippen LogP contribution in [-0.2, 0) is 4.79 Å². The van der Waals surface area contributed by atoms with Crippen LogP contribution in [0, 0.1) is 19.8 Å². The smallest absolute Gasteiger partial charge is 0.253 e. The zero-order valence-corrected chi connectivity index (χ0v) is 18.1. The van der Waals surface area contributed by atoms with Gasteiger partial charge in [-0.05, 0) is 73.2 Å². The number of carbonyl (C=O) groups is 2. The molecule has 3 aromatic rings. The van der Waals surface area contributed by atoms with Crippen LogP contribution in [0.1, 0.15) is 34.3 Å². The van der Waals surface area contributed by atoms with Gasteiger partial charge in [0.2, 0.25) is 5.91 Å². The normalized spacial score (nSPS) is 14.3. The third-order valence-corrected chi connectivity index (χ3v) is 6.17. The predicted octanol–water partition coefficient (Wildman–Crippen LogP) is 5.46. The standard InChI is InChI=1S/C27H28N2O2/c1-19-8-13-25(18-20(19)2)28-26(30)23-14-16-29(17-15-23)27(31)24-11-9-22(10-12-24)21-6-4-3-5-7-21/h3-13,18,23H,14-17H2,1-2H3,(H,28,30). The molecule has 0 unspecified atom stereocenters. The minimum atomic E-state index is -0.0638. The molecule has 0 saturated carbocycles. The van der Waals surface area contributed by atoms with Crippen LogP contribution < -0.4 is 5.32 Å². The molecule has 3 aromatic carbocycles. The summed E-state index contributed by atoms with van der Waals surface area (Å²) in [6, 6.07) is 23.9. The molecule has 0 atom stereocenters. The Labute approximate surface area is 183 Å². The van der Waals surface area contributed by atoms with Gasteiger partial charge in [0.25, 0.3) is 5.91 Å². The summed E-state index contributed by atoms with van der Waals surface area (Å²) in [5.41, 5.74) is 6.14. The SMILES string of the molecule is Cc1ccc(NC(=O)C2CCN(C(=O)c3ccc(-c4ccccc4)cc3)CC2)cc1C. The fraction of sp³-hybridized carbons (Fsp3) is 0.259. The fourth-order valence-corrected chi connectivity index (χ4v) is 4.03. The molecular formula is C27H28N2O2. The molecule has 0 aliphatic carbocycles. The van der Waals surface area contributed by atoms with Gasteiger partial charge in [-0.3, -0.25) is 9.59 Å². The minimum absolute atomic E-state index is 0.0348. The lowest BCUT2D eigenvalue weighted by Gasteiger charge is -2.31. The van der Waals surface area contributed by atoms with Crippen molar-refractivity contribution in [2.24, 2.45) is 5.92 Å². The predicted molar refractivity (Wildman–Crippen MR) is 125 cm³/mol. The van der Waals surface area contributed by atoms with Gasteiger partial charge in [0, 0.05) is 30.3 Å². The summed E-state index contributed by atoms with van der Waals surface area (Å²) in [5.74, 6) is 0.0151. The van der Waals surface area contributed by atoms with E-state index in [1.54, 1.807) is 0 Å². The molecule has 1 aliphatic heterocycles. The van der Waals surface area contributed by atoms with Crippen molar-refractivity contribution < 1.29 is 9.59 Å². The number of rotatable bonds is 4. The average molecular weight is 413 g/mol. The Kier molecular flexibility index (Phi) is 6.17. The maximum Gasteiger partial charge on any atom is 0.253 e. The Morgan fingerprint density at radius 3 is 2.10 bits per heavy atom. The lowest BCUT2D eigenvalue weighted by atomic mass is 9.95. The molecule has 0 spiro atoms. The summed E-state index contributed by atoms with van der Waals surface area (Å²) in [7, 11) is 0. The minimum Gasteiger partial charge on any atom is -0.339 e. The monoisotopic (exact) mass is 412 g/mol. The highest BCUT2D eigenvalue weighted by Gasteiger charge is 2.28. The van der Waals surface area contributed by atoms with Crippen molar-refractivity contribution in [3.8, 4) is 11.1 Å². The third-order valence-electron chi connectivity index (χ3n) is 6.17. The highest BCUT2D eigenvalue weighted by Crippen LogP contribution is 2.24. The second kappa shape index (κ2) is 9.17. The van der Waals surface area contributed by atoms with E-state index < -0.39 is 0 Å². The molecule has 1 heterocycles. The van der Waals surface area contributed by atoms with Crippen LogP contribution in [0.4, 0.5) is 5.69 Å². The van der Waals surface area contributed by atoms with Gasteiger partial charge in [-0.15, -0.1) is 0 Å². The molecule has 4 heteroatoms. The van der Waals surface area contributed by atoms with Gasteiger partial charge in [0.1, 0.15) is 0 Å². The summed E-state index contributed by atoms with van der Waals surface area (Å²) in [6.45, 7) is 5.30. The Bertz CT molecular complexity index is 1070. The number of aryl methyl sites for hydroxylation is 2. The van der Waals surface area contributed by atoms with E-state index >= 15 is 0 Å². The molecule has 31 heavy (non-hydrogen) atoms. The first kappa shape index (κ1) is 20.9. The van der Waals surface area contributed by atoms with Crippen molar-refractivity contribution in [3.63, 3.8) is 0 Å². The third kappa shape index (κ3) is 4.85. The van der Waals surface area contributed by atoms with E-state index in [9.17, 15) is 9.59 Å². The van der Waals surface area contributed by atoms with Crippen LogP contribution in [0.3, 0.4) is 0 Å². The molecule has 158 valence electrons. The van der Waals surface area contributed by atoms with Crippen LogP contribution in [0.15, 0.2) is 72.8 Å². The van der Waals surface area contributed by atoms with E-state index in [-0.39, 0.29) is 17.7 Å². The summed E-state index contributed by atoms with van der Waals surface area (Å²) >= 11 is 0. The molecule has 0 aromatic heterocycles. The number of piperidine rings is 1. The molecule has 0 radical (unpaired) electrons. The van der Waals surface area contributed by atoms with Gasteiger partial charge in [-0.2, -0.15) is 0 Å². The van der Waals surface area contributed by atoms with Gasteiger partial charge >= 0.3 is 0 Å². The van der Waals surface area contributed by atoms with Gasteiger partial charge in [-0.1, -0.05) is 48.5 Å². The molecule has 1 aliphatic rings. The number of benzene rings is 3. The highest BCUT2D eigenvalue weighted by molar-refractivity contribution is 5.95. The number of hydrogen-bond donors (Lipinski definition) is 1. The summed E-state index contributed by atoms with van der Waals surface area (Å²) in [4.78, 5) is 27.4. The fourth-order valence-electron chi connectivity index (χ4n) is 4.03. The van der Waals surface area contributed by atoms with Crippen molar-refractivity contribution in [1.82, 2.24) is 4.90 Å². The van der Waals surface area contributed by atoms with Crippen molar-refractivity contribution >= 4 is 17.5 Å². The van der Waals surface area contributed by atoms with E-state index in [2.05, 4.69) is 24.4 Å². The molecule has 1 N–H and O–H groups in total. The molecule has 0 bridgehead atoms. The maximum atomic E-state index is 12.9. The van der Waals surface area contributed by atoms with E-state index in [0.29, 0.717) is 31.5 Å². The Morgan fingerprint density at radius 1 is 0.806 bits per heavy atom. The lowest BCUT2D eigenvalue weighted by molar-refractivity contribution is -0.121. The zero-order valence-electron chi connectivity index (χ0n) is 18.1. The van der Waals surface area contributed by atoms with Crippen molar-refractivity contribution in [2.75, 3.05) is 18.4 Å². The molecule has 1 saturated heterocycles. The summed E-state index contributed by atoms with van der Waals surface area (Å²) in [5, 5.41) is 3.03. The number of nitrogens with one attached hydrogen (secondary N) is 1. The van der Waals surface area contributed by atoms with E-state index in [0.717, 1.165) is 22.4 Å².